The number of hydrogen-bond acceptors (Lipinski definition) is 4. The second-order valence-corrected chi connectivity index (χ2v) is 5.61. The first-order chi connectivity index (χ1) is 7.02. The van der Waals surface area contributed by atoms with Gasteiger partial charge in [0.2, 0.25) is 10.0 Å². The Morgan fingerprint density at radius 1 is 1.33 bits per heavy atom. The Kier molecular flexibility index (Phi) is 8.36. The lowest BCUT2D eigenvalue weighted by molar-refractivity contribution is 0.198. The summed E-state index contributed by atoms with van der Waals surface area (Å²) in [7, 11) is -0.186. The first kappa shape index (κ1) is 15.1. The summed E-state index contributed by atoms with van der Waals surface area (Å²) in [6.45, 7) is 0.941. The van der Waals surface area contributed by atoms with Crippen molar-refractivity contribution in [3.05, 3.63) is 0 Å². The van der Waals surface area contributed by atoms with Gasteiger partial charge in [0, 0.05) is 27.4 Å². The number of hydrogen-bond donors (Lipinski definition) is 1. The lowest BCUT2D eigenvalue weighted by atomic mass is 10.5. The number of sulfonamides is 1. The molecule has 0 saturated carbocycles. The molecule has 0 radical (unpaired) electrons. The summed E-state index contributed by atoms with van der Waals surface area (Å²) < 4.78 is 34.6. The molecule has 1 atom stereocenters. The molecule has 0 aromatic heterocycles. The molecule has 0 aliphatic heterocycles. The van der Waals surface area contributed by atoms with Gasteiger partial charge in [-0.15, -0.1) is 11.6 Å². The standard InChI is InChI=1S/C8H18ClNO4S/c1-13-4-3-5-15(11,12)10-6-8(9)7-14-2/h8,10H,3-7H2,1-2H3. The third-order valence-electron chi connectivity index (χ3n) is 1.63. The molecule has 0 bridgehead atoms. The molecule has 0 rings (SSSR count). The van der Waals surface area contributed by atoms with E-state index in [9.17, 15) is 8.42 Å². The number of methoxy groups -OCH3 is 2. The van der Waals surface area contributed by atoms with Crippen LogP contribution in [0, 0.1) is 0 Å². The number of ether oxygens (including phenoxy) is 2. The van der Waals surface area contributed by atoms with Gasteiger partial charge in [-0.3, -0.25) is 0 Å². The van der Waals surface area contributed by atoms with Crippen molar-refractivity contribution in [2.75, 3.05) is 39.7 Å². The minimum Gasteiger partial charge on any atom is -0.385 e. The molecule has 7 heteroatoms. The van der Waals surface area contributed by atoms with Crippen molar-refractivity contribution in [2.45, 2.75) is 11.8 Å². The average Bonchev–Trinajstić information content (AvgIpc) is 2.16. The number of halogens is 1. The van der Waals surface area contributed by atoms with Crippen LogP contribution in [0.4, 0.5) is 0 Å². The highest BCUT2D eigenvalue weighted by Gasteiger charge is 2.12. The van der Waals surface area contributed by atoms with E-state index in [4.69, 9.17) is 21.1 Å². The Morgan fingerprint density at radius 2 is 2.00 bits per heavy atom. The van der Waals surface area contributed by atoms with E-state index >= 15 is 0 Å². The molecule has 0 fully saturated rings. The molecule has 1 N–H and O–H groups in total. The van der Waals surface area contributed by atoms with Gasteiger partial charge in [0.25, 0.3) is 0 Å². The van der Waals surface area contributed by atoms with E-state index in [1.54, 1.807) is 0 Å². The monoisotopic (exact) mass is 259 g/mol. The van der Waals surface area contributed by atoms with Crippen LogP contribution in [0.3, 0.4) is 0 Å². The fourth-order valence-corrected chi connectivity index (χ4v) is 2.31. The third-order valence-corrected chi connectivity index (χ3v) is 3.35. The molecule has 0 aromatic rings. The molecule has 15 heavy (non-hydrogen) atoms. The van der Waals surface area contributed by atoms with Crippen LogP contribution in [-0.4, -0.2) is 53.5 Å². The van der Waals surface area contributed by atoms with Gasteiger partial charge in [-0.25, -0.2) is 13.1 Å². The molecule has 0 aliphatic carbocycles. The number of alkyl halides is 1. The smallest absolute Gasteiger partial charge is 0.211 e. The summed E-state index contributed by atoms with van der Waals surface area (Å²) in [5.74, 6) is 0.0530. The van der Waals surface area contributed by atoms with Gasteiger partial charge in [-0.1, -0.05) is 0 Å². The highest BCUT2D eigenvalue weighted by Crippen LogP contribution is 1.96. The van der Waals surface area contributed by atoms with Crippen LogP contribution in [0.2, 0.25) is 0 Å². The summed E-state index contributed by atoms with van der Waals surface area (Å²) in [5, 5.41) is -0.341. The van der Waals surface area contributed by atoms with Crippen molar-refractivity contribution in [2.24, 2.45) is 0 Å². The summed E-state index contributed by atoms with van der Waals surface area (Å²) in [5.41, 5.74) is 0. The van der Waals surface area contributed by atoms with Crippen LogP contribution in [-0.2, 0) is 19.5 Å². The molecule has 0 saturated heterocycles. The van der Waals surface area contributed by atoms with E-state index < -0.39 is 10.0 Å². The minimum absolute atomic E-state index is 0.0530. The van der Waals surface area contributed by atoms with Crippen LogP contribution in [0.25, 0.3) is 0 Å². The fraction of sp³-hybridized carbons (Fsp3) is 1.00. The van der Waals surface area contributed by atoms with Gasteiger partial charge in [-0.05, 0) is 6.42 Å². The molecule has 0 amide bonds. The van der Waals surface area contributed by atoms with E-state index in [0.717, 1.165) is 0 Å². The van der Waals surface area contributed by atoms with Gasteiger partial charge in [0.1, 0.15) is 0 Å². The van der Waals surface area contributed by atoms with Crippen LogP contribution >= 0.6 is 11.6 Å². The largest absolute Gasteiger partial charge is 0.385 e. The molecule has 0 spiro atoms. The average molecular weight is 260 g/mol. The van der Waals surface area contributed by atoms with Crippen molar-refractivity contribution in [1.29, 1.82) is 0 Å². The summed E-state index contributed by atoms with van der Waals surface area (Å²) in [4.78, 5) is 0. The van der Waals surface area contributed by atoms with Gasteiger partial charge in [-0.2, -0.15) is 0 Å². The van der Waals surface area contributed by atoms with E-state index in [1.165, 1.54) is 14.2 Å². The van der Waals surface area contributed by atoms with E-state index in [1.807, 2.05) is 0 Å². The Labute approximate surface area is 96.1 Å². The molecule has 0 heterocycles. The van der Waals surface area contributed by atoms with Gasteiger partial charge in [0.05, 0.1) is 17.7 Å². The van der Waals surface area contributed by atoms with Crippen LogP contribution in [0.1, 0.15) is 6.42 Å². The normalized spacial score (nSPS) is 14.1. The molecular weight excluding hydrogens is 242 g/mol. The highest BCUT2D eigenvalue weighted by atomic mass is 35.5. The maximum atomic E-state index is 11.3. The second kappa shape index (κ2) is 8.29. The molecule has 92 valence electrons. The van der Waals surface area contributed by atoms with Crippen molar-refractivity contribution < 1.29 is 17.9 Å². The van der Waals surface area contributed by atoms with E-state index in [0.29, 0.717) is 19.6 Å². The van der Waals surface area contributed by atoms with Crippen LogP contribution in [0.15, 0.2) is 0 Å². The van der Waals surface area contributed by atoms with Crippen molar-refractivity contribution >= 4 is 21.6 Å². The fourth-order valence-electron chi connectivity index (χ4n) is 0.923. The Morgan fingerprint density at radius 3 is 2.53 bits per heavy atom. The predicted octanol–water partition coefficient (Wildman–Crippen LogP) is 0.196. The topological polar surface area (TPSA) is 64.6 Å². The van der Waals surface area contributed by atoms with Crippen LogP contribution in [0.5, 0.6) is 0 Å². The predicted molar refractivity (Wildman–Crippen MR) is 59.8 cm³/mol. The van der Waals surface area contributed by atoms with Crippen LogP contribution < -0.4 is 4.72 Å². The van der Waals surface area contributed by atoms with Crippen molar-refractivity contribution in [3.63, 3.8) is 0 Å². The third kappa shape index (κ3) is 9.07. The lowest BCUT2D eigenvalue weighted by Crippen LogP contribution is -2.33. The second-order valence-electron chi connectivity index (χ2n) is 3.07. The highest BCUT2D eigenvalue weighted by molar-refractivity contribution is 7.89. The van der Waals surface area contributed by atoms with E-state index in [-0.39, 0.29) is 17.7 Å². The maximum absolute atomic E-state index is 11.3. The first-order valence-electron chi connectivity index (χ1n) is 4.61. The van der Waals surface area contributed by atoms with Crippen molar-refractivity contribution in [1.82, 2.24) is 4.72 Å². The van der Waals surface area contributed by atoms with Gasteiger partial charge >= 0.3 is 0 Å². The Hall–Kier alpha value is 0.120. The quantitative estimate of drug-likeness (QED) is 0.475. The Bertz CT molecular complexity index is 245. The summed E-state index contributed by atoms with van der Waals surface area (Å²) in [6.07, 6.45) is 0.475. The number of nitrogens with one attached hydrogen (secondary N) is 1. The zero-order valence-corrected chi connectivity index (χ0v) is 10.6. The first-order valence-corrected chi connectivity index (χ1v) is 6.70. The van der Waals surface area contributed by atoms with Gasteiger partial charge < -0.3 is 9.47 Å². The Balaban J connectivity index is 3.73. The minimum atomic E-state index is -3.24. The molecule has 1 unspecified atom stereocenters. The summed E-state index contributed by atoms with van der Waals surface area (Å²) in [6, 6.07) is 0. The molecule has 0 aromatic carbocycles. The molecule has 5 nitrogen and oxygen atoms in total. The zero-order valence-electron chi connectivity index (χ0n) is 9.03. The lowest BCUT2D eigenvalue weighted by Gasteiger charge is -2.10. The zero-order chi connectivity index (χ0) is 11.7. The molecule has 0 aliphatic rings. The van der Waals surface area contributed by atoms with Crippen molar-refractivity contribution in [3.8, 4) is 0 Å². The SMILES string of the molecule is COCCCS(=O)(=O)NCC(Cl)COC. The maximum Gasteiger partial charge on any atom is 0.211 e. The summed E-state index contributed by atoms with van der Waals surface area (Å²) >= 11 is 5.77. The number of rotatable bonds is 9. The van der Waals surface area contributed by atoms with E-state index in [2.05, 4.69) is 4.72 Å². The van der Waals surface area contributed by atoms with Gasteiger partial charge in [0.15, 0.2) is 0 Å². The molecular formula is C8H18ClNO4S.